The Kier molecular flexibility index (Phi) is 8.28. The number of aryl methyl sites for hydroxylation is 1. The van der Waals surface area contributed by atoms with E-state index < -0.39 is 53.5 Å². The topological polar surface area (TPSA) is 134 Å². The third-order valence-electron chi connectivity index (χ3n) is 8.80. The number of hydrogen-bond donors (Lipinski definition) is 2. The van der Waals surface area contributed by atoms with E-state index >= 15 is 4.39 Å². The first-order valence-corrected chi connectivity index (χ1v) is 13.7. The molecule has 0 radical (unpaired) electrons. The lowest BCUT2D eigenvalue weighted by Crippen LogP contribution is -2.61. The molecule has 3 aliphatic carbocycles. The molecule has 10 heteroatoms. The molecule has 1 aromatic rings. The summed E-state index contributed by atoms with van der Waals surface area (Å²) in [6.45, 7) is 9.64. The number of ether oxygens (including phenoxy) is 4. The molecule has 39 heavy (non-hydrogen) atoms. The Hall–Kier alpha value is -2.72. The average molecular weight is 550 g/mol. The van der Waals surface area contributed by atoms with Crippen LogP contribution in [0.15, 0.2) is 24.3 Å². The summed E-state index contributed by atoms with van der Waals surface area (Å²) in [5.41, 5.74) is 3.61. The van der Waals surface area contributed by atoms with Crippen LogP contribution in [0.2, 0.25) is 0 Å². The zero-order valence-corrected chi connectivity index (χ0v) is 23.2. The molecule has 0 amide bonds. The molecule has 1 aromatic carbocycles. The van der Waals surface area contributed by atoms with Crippen molar-refractivity contribution < 1.29 is 42.8 Å². The molecule has 0 aliphatic heterocycles. The monoisotopic (exact) mass is 549 g/mol. The third kappa shape index (κ3) is 5.63. The second-order valence-electron chi connectivity index (χ2n) is 11.9. The van der Waals surface area contributed by atoms with Gasteiger partial charge in [0.1, 0.15) is 11.6 Å². The molecular formula is C29H40FNO8. The summed E-state index contributed by atoms with van der Waals surface area (Å²) >= 11 is 0. The van der Waals surface area contributed by atoms with Crippen molar-refractivity contribution >= 4 is 18.1 Å². The molecule has 9 atom stereocenters. The van der Waals surface area contributed by atoms with Gasteiger partial charge in [0, 0.05) is 18.8 Å². The van der Waals surface area contributed by atoms with E-state index in [4.69, 9.17) is 24.7 Å². The molecule has 3 fully saturated rings. The zero-order chi connectivity index (χ0) is 28.7. The van der Waals surface area contributed by atoms with Crippen LogP contribution in [0, 0.1) is 36.5 Å². The minimum atomic E-state index is -2.65. The van der Waals surface area contributed by atoms with E-state index in [2.05, 4.69) is 20.8 Å². The maximum absolute atomic E-state index is 15.3. The van der Waals surface area contributed by atoms with Gasteiger partial charge in [-0.1, -0.05) is 57.0 Å². The molecule has 4 rings (SSSR count). The molecule has 216 valence electrons. The number of carboxylic acid groups (broad SMARTS) is 1. The van der Waals surface area contributed by atoms with E-state index in [1.807, 2.05) is 31.2 Å². The Morgan fingerprint density at radius 1 is 1.10 bits per heavy atom. The highest BCUT2D eigenvalue weighted by atomic mass is 19.1. The van der Waals surface area contributed by atoms with Gasteiger partial charge in [0.05, 0.1) is 12.7 Å². The van der Waals surface area contributed by atoms with Gasteiger partial charge in [0.2, 0.25) is 12.0 Å². The molecule has 3 saturated carbocycles. The molecule has 3 N–H and O–H groups in total. The number of aliphatic carboxylic acids is 1. The average Bonchev–Trinajstić information content (AvgIpc) is 3.33. The molecule has 0 bridgehead atoms. The van der Waals surface area contributed by atoms with Crippen molar-refractivity contribution in [1.29, 1.82) is 0 Å². The largest absolute Gasteiger partial charge is 0.511 e. The number of nitrogens with two attached hydrogens (primary N) is 1. The summed E-state index contributed by atoms with van der Waals surface area (Å²) in [5, 5.41) is 9.48. The van der Waals surface area contributed by atoms with Crippen LogP contribution < -0.4 is 5.73 Å². The van der Waals surface area contributed by atoms with E-state index in [-0.39, 0.29) is 25.0 Å². The van der Waals surface area contributed by atoms with Gasteiger partial charge in [-0.3, -0.25) is 0 Å². The van der Waals surface area contributed by atoms with Gasteiger partial charge in [0.25, 0.3) is 0 Å². The van der Waals surface area contributed by atoms with Crippen LogP contribution in [0.25, 0.3) is 0 Å². The predicted octanol–water partition coefficient (Wildman–Crippen LogP) is 4.52. The second kappa shape index (κ2) is 11.0. The van der Waals surface area contributed by atoms with Crippen molar-refractivity contribution in [2.45, 2.75) is 96.6 Å². The molecule has 9 nitrogen and oxygen atoms in total. The first-order valence-electron chi connectivity index (χ1n) is 13.7. The third-order valence-corrected chi connectivity index (χ3v) is 8.80. The summed E-state index contributed by atoms with van der Waals surface area (Å²) in [6, 6.07) is 7.52. The first kappa shape index (κ1) is 29.3. The fourth-order valence-electron chi connectivity index (χ4n) is 6.49. The number of halogens is 1. The van der Waals surface area contributed by atoms with Crippen molar-refractivity contribution in [2.24, 2.45) is 35.3 Å². The number of alkyl halides is 1. The summed E-state index contributed by atoms with van der Waals surface area (Å²) in [5.74, 6) is -4.15. The summed E-state index contributed by atoms with van der Waals surface area (Å²) in [6.07, 6.45) is -0.996. The predicted molar refractivity (Wildman–Crippen MR) is 138 cm³/mol. The summed E-state index contributed by atoms with van der Waals surface area (Å²) in [4.78, 5) is 37.6. The Morgan fingerprint density at radius 2 is 1.77 bits per heavy atom. The SMILES string of the molecule is Cc1ccc(CO[C@@H]2C[C@@H]3[C@H]([C@]2(N)C(=O)O[C@@H](C)OC(=O)O[C@@H]2C[C@H](C)CC[C@H]2C(C)C)[C@@]3(F)C(=O)O)cc1. The van der Waals surface area contributed by atoms with Gasteiger partial charge >= 0.3 is 18.1 Å². The molecule has 0 saturated heterocycles. The fourth-order valence-corrected chi connectivity index (χ4v) is 6.49. The van der Waals surface area contributed by atoms with E-state index in [1.165, 1.54) is 6.92 Å². The number of fused-ring (bicyclic) bond motifs is 1. The number of rotatable bonds is 9. The lowest BCUT2D eigenvalue weighted by Gasteiger charge is -2.36. The molecule has 0 heterocycles. The molecule has 0 unspecified atom stereocenters. The van der Waals surface area contributed by atoms with Crippen LogP contribution in [0.5, 0.6) is 0 Å². The van der Waals surface area contributed by atoms with Crippen molar-refractivity contribution in [3.05, 3.63) is 35.4 Å². The van der Waals surface area contributed by atoms with Crippen LogP contribution in [0.3, 0.4) is 0 Å². The van der Waals surface area contributed by atoms with Crippen LogP contribution in [0.1, 0.15) is 64.5 Å². The van der Waals surface area contributed by atoms with Crippen LogP contribution >= 0.6 is 0 Å². The molecule has 0 aromatic heterocycles. The van der Waals surface area contributed by atoms with Gasteiger partial charge in [-0.2, -0.15) is 0 Å². The van der Waals surface area contributed by atoms with Gasteiger partial charge in [-0.25, -0.2) is 18.8 Å². The highest BCUT2D eigenvalue weighted by Gasteiger charge is 2.85. The minimum absolute atomic E-state index is 0.0569. The summed E-state index contributed by atoms with van der Waals surface area (Å²) in [7, 11) is 0. The number of carbonyl (C=O) groups excluding carboxylic acids is 2. The van der Waals surface area contributed by atoms with E-state index in [9.17, 15) is 19.5 Å². The van der Waals surface area contributed by atoms with Gasteiger partial charge in [-0.05, 0) is 49.5 Å². The van der Waals surface area contributed by atoms with Gasteiger partial charge in [0.15, 0.2) is 0 Å². The van der Waals surface area contributed by atoms with Gasteiger partial charge in [-0.15, -0.1) is 0 Å². The molecule has 3 aliphatic rings. The van der Waals surface area contributed by atoms with Gasteiger partial charge < -0.3 is 29.8 Å². The fraction of sp³-hybridized carbons (Fsp3) is 0.690. The maximum atomic E-state index is 15.3. The normalized spacial score (nSPS) is 36.1. The summed E-state index contributed by atoms with van der Waals surface area (Å²) < 4.78 is 37.3. The highest BCUT2D eigenvalue weighted by Crippen LogP contribution is 2.67. The van der Waals surface area contributed by atoms with E-state index in [1.54, 1.807) is 0 Å². The highest BCUT2D eigenvalue weighted by molar-refractivity contribution is 5.91. The Labute approximate surface area is 228 Å². The Bertz CT molecular complexity index is 1080. The van der Waals surface area contributed by atoms with E-state index in [0.29, 0.717) is 11.8 Å². The second-order valence-corrected chi connectivity index (χ2v) is 11.9. The van der Waals surface area contributed by atoms with Crippen molar-refractivity contribution in [3.63, 3.8) is 0 Å². The van der Waals surface area contributed by atoms with Crippen molar-refractivity contribution in [1.82, 2.24) is 0 Å². The quantitative estimate of drug-likeness (QED) is 0.337. The number of hydrogen-bond acceptors (Lipinski definition) is 8. The zero-order valence-electron chi connectivity index (χ0n) is 23.2. The van der Waals surface area contributed by atoms with Crippen LogP contribution in [-0.4, -0.2) is 52.9 Å². The Morgan fingerprint density at radius 3 is 2.38 bits per heavy atom. The standard InChI is InChI=1S/C29H40FNO8/c1-15(2)20-11-8-17(4)12-22(20)39-27(35)38-18(5)37-26(34)29(31)23(13-21-24(29)28(21,30)25(32)33)36-14-19-9-6-16(3)7-10-19/h6-7,9-10,15,17-18,20-24H,8,11-14,31H2,1-5H3,(H,32,33)/t17-,18-,20+,21-,22-,23-,24+,28-,29+/m1/s1. The van der Waals surface area contributed by atoms with Crippen LogP contribution in [-0.2, 0) is 35.1 Å². The lowest BCUT2D eigenvalue weighted by atomic mass is 9.75. The molecule has 0 spiro atoms. The number of benzene rings is 1. The number of carbonyl (C=O) groups is 3. The lowest BCUT2D eigenvalue weighted by molar-refractivity contribution is -0.184. The van der Waals surface area contributed by atoms with Crippen molar-refractivity contribution in [2.75, 3.05) is 0 Å². The number of esters is 1. The Balaban J connectivity index is 1.41. The van der Waals surface area contributed by atoms with Crippen LogP contribution in [0.4, 0.5) is 9.18 Å². The maximum Gasteiger partial charge on any atom is 0.511 e. The minimum Gasteiger partial charge on any atom is -0.479 e. The van der Waals surface area contributed by atoms with Crippen molar-refractivity contribution in [3.8, 4) is 0 Å². The first-order chi connectivity index (χ1) is 18.3. The smallest absolute Gasteiger partial charge is 0.479 e. The van der Waals surface area contributed by atoms with E-state index in [0.717, 1.165) is 30.4 Å². The molecular weight excluding hydrogens is 509 g/mol. The number of carboxylic acids is 1.